The number of nitrogens with zero attached hydrogens (tertiary/aromatic N) is 1. The third-order valence-corrected chi connectivity index (χ3v) is 3.90. The highest BCUT2D eigenvalue weighted by atomic mass is 16.5. The van der Waals surface area contributed by atoms with Crippen LogP contribution in [0.25, 0.3) is 11.1 Å². The molecule has 25 heavy (non-hydrogen) atoms. The van der Waals surface area contributed by atoms with Crippen LogP contribution in [0.3, 0.4) is 0 Å². The van der Waals surface area contributed by atoms with Crippen molar-refractivity contribution < 1.29 is 18.7 Å². The molecule has 0 fully saturated rings. The number of nitrogens with one attached hydrogen (secondary N) is 2. The number of aryl methyl sites for hydroxylation is 2. The Kier molecular flexibility index (Phi) is 4.31. The van der Waals surface area contributed by atoms with Crippen molar-refractivity contribution in [1.29, 1.82) is 0 Å². The smallest absolute Gasteiger partial charge is 0.340 e. The molecule has 0 atom stereocenters. The molecule has 2 heterocycles. The lowest BCUT2D eigenvalue weighted by molar-refractivity contribution is 0.0525. The predicted octanol–water partition coefficient (Wildman–Crippen LogP) is 3.51. The van der Waals surface area contributed by atoms with Crippen LogP contribution < -0.4 is 5.32 Å². The quantitative estimate of drug-likeness (QED) is 0.708. The number of hydrogen-bond acceptors (Lipinski definition) is 5. The molecule has 0 aliphatic carbocycles. The number of aromatic amines is 1. The summed E-state index contributed by atoms with van der Waals surface area (Å²) in [6.07, 6.45) is 0. The molecule has 0 saturated carbocycles. The van der Waals surface area contributed by atoms with Crippen LogP contribution in [0.15, 0.2) is 22.6 Å². The number of carbonyl (C=O) groups is 2. The highest BCUT2D eigenvalue weighted by molar-refractivity contribution is 6.07. The number of esters is 1. The van der Waals surface area contributed by atoms with E-state index in [0.717, 1.165) is 5.52 Å². The molecule has 130 valence electrons. The van der Waals surface area contributed by atoms with E-state index in [1.807, 2.05) is 0 Å². The SMILES string of the molecule is CCOC(=O)c1c(C)[nH]c(C(=O)Nc2ccc3nc(C)oc3c2)c1C. The molecule has 0 radical (unpaired) electrons. The van der Waals surface area contributed by atoms with Crippen LogP contribution in [0.5, 0.6) is 0 Å². The van der Waals surface area contributed by atoms with Crippen molar-refractivity contribution in [1.82, 2.24) is 9.97 Å². The Morgan fingerprint density at radius 1 is 1.28 bits per heavy atom. The second kappa shape index (κ2) is 6.43. The molecule has 7 heteroatoms. The van der Waals surface area contributed by atoms with E-state index >= 15 is 0 Å². The Morgan fingerprint density at radius 2 is 2.04 bits per heavy atom. The fraction of sp³-hybridized carbons (Fsp3) is 0.278. The van der Waals surface area contributed by atoms with Gasteiger partial charge in [-0.25, -0.2) is 9.78 Å². The first kappa shape index (κ1) is 16.8. The van der Waals surface area contributed by atoms with E-state index in [9.17, 15) is 9.59 Å². The predicted molar refractivity (Wildman–Crippen MR) is 92.9 cm³/mol. The third-order valence-electron chi connectivity index (χ3n) is 3.90. The van der Waals surface area contributed by atoms with Gasteiger partial charge in [0.15, 0.2) is 11.5 Å². The maximum Gasteiger partial charge on any atom is 0.340 e. The molecule has 0 spiro atoms. The molecule has 0 aliphatic heterocycles. The number of carbonyl (C=O) groups excluding carboxylic acids is 2. The number of anilines is 1. The number of amides is 1. The zero-order chi connectivity index (χ0) is 18.1. The number of ether oxygens (including phenoxy) is 1. The number of fused-ring (bicyclic) bond motifs is 1. The summed E-state index contributed by atoms with van der Waals surface area (Å²) in [4.78, 5) is 31.8. The fourth-order valence-electron chi connectivity index (χ4n) is 2.80. The van der Waals surface area contributed by atoms with Crippen molar-refractivity contribution in [3.05, 3.63) is 46.6 Å². The monoisotopic (exact) mass is 341 g/mol. The van der Waals surface area contributed by atoms with Gasteiger partial charge in [-0.05, 0) is 38.5 Å². The highest BCUT2D eigenvalue weighted by Gasteiger charge is 2.23. The van der Waals surface area contributed by atoms with Crippen molar-refractivity contribution in [2.75, 3.05) is 11.9 Å². The maximum absolute atomic E-state index is 12.6. The fourth-order valence-corrected chi connectivity index (χ4v) is 2.80. The summed E-state index contributed by atoms with van der Waals surface area (Å²) >= 11 is 0. The zero-order valence-corrected chi connectivity index (χ0v) is 14.5. The average molecular weight is 341 g/mol. The first-order valence-corrected chi connectivity index (χ1v) is 7.95. The van der Waals surface area contributed by atoms with Gasteiger partial charge in [0.25, 0.3) is 5.91 Å². The van der Waals surface area contributed by atoms with Crippen LogP contribution >= 0.6 is 0 Å². The van der Waals surface area contributed by atoms with Gasteiger partial charge in [-0.1, -0.05) is 0 Å². The lowest BCUT2D eigenvalue weighted by Gasteiger charge is -2.05. The minimum Gasteiger partial charge on any atom is -0.462 e. The normalized spacial score (nSPS) is 10.9. The summed E-state index contributed by atoms with van der Waals surface area (Å²) < 4.78 is 10.5. The van der Waals surface area contributed by atoms with Crippen LogP contribution in [-0.2, 0) is 4.74 Å². The van der Waals surface area contributed by atoms with Crippen LogP contribution in [0.2, 0.25) is 0 Å². The second-order valence-corrected chi connectivity index (χ2v) is 5.71. The van der Waals surface area contributed by atoms with E-state index < -0.39 is 5.97 Å². The molecule has 0 unspecified atom stereocenters. The van der Waals surface area contributed by atoms with Crippen LogP contribution in [-0.4, -0.2) is 28.5 Å². The molecule has 1 aromatic carbocycles. The van der Waals surface area contributed by atoms with Gasteiger partial charge in [-0.15, -0.1) is 0 Å². The number of rotatable bonds is 4. The summed E-state index contributed by atoms with van der Waals surface area (Å²) in [5.74, 6) is -0.216. The van der Waals surface area contributed by atoms with E-state index in [1.54, 1.807) is 45.9 Å². The molecule has 0 bridgehead atoms. The van der Waals surface area contributed by atoms with E-state index in [4.69, 9.17) is 9.15 Å². The minimum atomic E-state index is -0.439. The maximum atomic E-state index is 12.6. The van der Waals surface area contributed by atoms with Crippen molar-refractivity contribution in [3.63, 3.8) is 0 Å². The van der Waals surface area contributed by atoms with Crippen LogP contribution in [0.4, 0.5) is 5.69 Å². The van der Waals surface area contributed by atoms with Crippen LogP contribution in [0.1, 0.15) is 44.9 Å². The standard InChI is InChI=1S/C18H19N3O4/c1-5-24-18(23)15-9(2)16(19-10(15)3)17(22)21-12-6-7-13-14(8-12)25-11(4)20-13/h6-8,19H,5H2,1-4H3,(H,21,22). The van der Waals surface area contributed by atoms with E-state index in [-0.39, 0.29) is 12.5 Å². The molecular formula is C18H19N3O4. The lowest BCUT2D eigenvalue weighted by Crippen LogP contribution is -2.14. The van der Waals surface area contributed by atoms with Gasteiger partial charge in [0.05, 0.1) is 12.2 Å². The molecule has 0 aliphatic rings. The van der Waals surface area contributed by atoms with Gasteiger partial charge >= 0.3 is 5.97 Å². The Labute approximate surface area is 144 Å². The highest BCUT2D eigenvalue weighted by Crippen LogP contribution is 2.23. The van der Waals surface area contributed by atoms with Gasteiger partial charge < -0.3 is 19.5 Å². The summed E-state index contributed by atoms with van der Waals surface area (Å²) in [5.41, 5.74) is 3.79. The van der Waals surface area contributed by atoms with E-state index in [2.05, 4.69) is 15.3 Å². The third kappa shape index (κ3) is 3.13. The summed E-state index contributed by atoms with van der Waals surface area (Å²) in [6.45, 7) is 7.23. The molecule has 1 amide bonds. The molecule has 7 nitrogen and oxygen atoms in total. The first-order valence-electron chi connectivity index (χ1n) is 7.95. The number of H-pyrrole nitrogens is 1. The van der Waals surface area contributed by atoms with Gasteiger partial charge in [-0.2, -0.15) is 0 Å². The van der Waals surface area contributed by atoms with Crippen molar-refractivity contribution >= 4 is 28.7 Å². The Morgan fingerprint density at radius 3 is 2.76 bits per heavy atom. The van der Waals surface area contributed by atoms with Crippen molar-refractivity contribution in [2.24, 2.45) is 0 Å². The van der Waals surface area contributed by atoms with Gasteiger partial charge in [0.2, 0.25) is 0 Å². The summed E-state index contributed by atoms with van der Waals surface area (Å²) in [6, 6.07) is 5.24. The average Bonchev–Trinajstić information content (AvgIpc) is 3.05. The van der Waals surface area contributed by atoms with E-state index in [1.165, 1.54) is 0 Å². The number of oxazole rings is 1. The molecular weight excluding hydrogens is 322 g/mol. The number of benzene rings is 1. The zero-order valence-electron chi connectivity index (χ0n) is 14.5. The summed E-state index contributed by atoms with van der Waals surface area (Å²) in [5, 5.41) is 2.80. The van der Waals surface area contributed by atoms with Gasteiger partial charge in [0, 0.05) is 24.4 Å². The first-order chi connectivity index (χ1) is 11.9. The van der Waals surface area contributed by atoms with Gasteiger partial charge in [0.1, 0.15) is 11.2 Å². The molecule has 2 aromatic heterocycles. The number of aromatic nitrogens is 2. The minimum absolute atomic E-state index is 0.279. The van der Waals surface area contributed by atoms with Crippen LogP contribution in [0, 0.1) is 20.8 Å². The molecule has 0 saturated heterocycles. The van der Waals surface area contributed by atoms with E-state index in [0.29, 0.717) is 39.7 Å². The topological polar surface area (TPSA) is 97.2 Å². The summed E-state index contributed by atoms with van der Waals surface area (Å²) in [7, 11) is 0. The molecule has 2 N–H and O–H groups in total. The largest absolute Gasteiger partial charge is 0.462 e. The van der Waals surface area contributed by atoms with Crippen molar-refractivity contribution in [2.45, 2.75) is 27.7 Å². The second-order valence-electron chi connectivity index (χ2n) is 5.71. The Balaban J connectivity index is 1.87. The Hall–Kier alpha value is -3.09. The molecule has 3 rings (SSSR count). The Bertz CT molecular complexity index is 968. The van der Waals surface area contributed by atoms with Crippen molar-refractivity contribution in [3.8, 4) is 0 Å². The molecule has 3 aromatic rings. The number of hydrogen-bond donors (Lipinski definition) is 2. The lowest BCUT2D eigenvalue weighted by atomic mass is 10.1. The van der Waals surface area contributed by atoms with Gasteiger partial charge in [-0.3, -0.25) is 4.79 Å².